The van der Waals surface area contributed by atoms with Crippen LogP contribution in [0.15, 0.2) is 24.3 Å². The second kappa shape index (κ2) is 7.77. The minimum atomic E-state index is -0.726. The first-order valence-corrected chi connectivity index (χ1v) is 7.39. The van der Waals surface area contributed by atoms with E-state index in [4.69, 9.17) is 0 Å². The summed E-state index contributed by atoms with van der Waals surface area (Å²) >= 11 is 1.83. The van der Waals surface area contributed by atoms with E-state index in [1.54, 1.807) is 12.1 Å². The number of benzene rings is 1. The highest BCUT2D eigenvalue weighted by molar-refractivity contribution is 7.99. The minimum Gasteiger partial charge on any atom is -0.395 e. The van der Waals surface area contributed by atoms with Gasteiger partial charge in [-0.25, -0.2) is 4.39 Å². The standard InChI is InChI=1S/C14H21FO2S/c1-2-18-8-4-7-14(10-16,11-17)12-5-3-6-13(15)9-12/h3,5-6,9,16-17H,2,4,7-8,10-11H2,1H3. The number of halogens is 1. The molecule has 0 atom stereocenters. The summed E-state index contributed by atoms with van der Waals surface area (Å²) < 4.78 is 13.2. The Morgan fingerprint density at radius 1 is 1.28 bits per heavy atom. The second-order valence-corrected chi connectivity index (χ2v) is 5.80. The maximum atomic E-state index is 13.2. The van der Waals surface area contributed by atoms with Crippen molar-refractivity contribution in [1.29, 1.82) is 0 Å². The molecule has 2 nitrogen and oxygen atoms in total. The Kier molecular flexibility index (Phi) is 6.68. The van der Waals surface area contributed by atoms with Gasteiger partial charge in [0.25, 0.3) is 0 Å². The van der Waals surface area contributed by atoms with Crippen LogP contribution in [0.25, 0.3) is 0 Å². The topological polar surface area (TPSA) is 40.5 Å². The summed E-state index contributed by atoms with van der Waals surface area (Å²) in [6.45, 7) is 1.77. The minimum absolute atomic E-state index is 0.163. The first-order valence-electron chi connectivity index (χ1n) is 6.24. The molecule has 102 valence electrons. The van der Waals surface area contributed by atoms with Crippen LogP contribution in [0.5, 0.6) is 0 Å². The van der Waals surface area contributed by atoms with Gasteiger partial charge in [0.2, 0.25) is 0 Å². The van der Waals surface area contributed by atoms with Gasteiger partial charge in [-0.3, -0.25) is 0 Å². The van der Waals surface area contributed by atoms with Crippen molar-refractivity contribution in [3.63, 3.8) is 0 Å². The van der Waals surface area contributed by atoms with Gasteiger partial charge >= 0.3 is 0 Å². The molecule has 0 spiro atoms. The molecule has 0 unspecified atom stereocenters. The molecule has 0 heterocycles. The predicted octanol–water partition coefficient (Wildman–Crippen LogP) is 2.58. The van der Waals surface area contributed by atoms with E-state index < -0.39 is 5.41 Å². The second-order valence-electron chi connectivity index (χ2n) is 4.41. The summed E-state index contributed by atoms with van der Waals surface area (Å²) in [6.07, 6.45) is 1.56. The van der Waals surface area contributed by atoms with E-state index in [-0.39, 0.29) is 19.0 Å². The summed E-state index contributed by atoms with van der Waals surface area (Å²) in [5.74, 6) is 1.72. The van der Waals surface area contributed by atoms with Crippen LogP contribution >= 0.6 is 11.8 Å². The van der Waals surface area contributed by atoms with Gasteiger partial charge in [-0.1, -0.05) is 19.1 Å². The molecule has 0 aliphatic rings. The molecular weight excluding hydrogens is 251 g/mol. The number of thioether (sulfide) groups is 1. The zero-order valence-electron chi connectivity index (χ0n) is 10.7. The molecule has 0 amide bonds. The fourth-order valence-corrected chi connectivity index (χ4v) is 2.65. The van der Waals surface area contributed by atoms with E-state index >= 15 is 0 Å². The number of hydrogen-bond donors (Lipinski definition) is 2. The third-order valence-corrected chi connectivity index (χ3v) is 4.18. The first kappa shape index (κ1) is 15.5. The van der Waals surface area contributed by atoms with Crippen molar-refractivity contribution in [2.24, 2.45) is 0 Å². The highest BCUT2D eigenvalue weighted by atomic mass is 32.2. The number of aliphatic hydroxyl groups excluding tert-OH is 2. The highest BCUT2D eigenvalue weighted by Gasteiger charge is 2.30. The monoisotopic (exact) mass is 272 g/mol. The SMILES string of the molecule is CCSCCCC(CO)(CO)c1cccc(F)c1. The quantitative estimate of drug-likeness (QED) is 0.715. The van der Waals surface area contributed by atoms with Gasteiger partial charge in [-0.2, -0.15) is 11.8 Å². The summed E-state index contributed by atoms with van der Waals surface area (Å²) in [5.41, 5.74) is -0.0508. The van der Waals surface area contributed by atoms with Gasteiger partial charge in [0.1, 0.15) is 5.82 Å². The van der Waals surface area contributed by atoms with Crippen LogP contribution in [0.4, 0.5) is 4.39 Å². The van der Waals surface area contributed by atoms with Crippen LogP contribution < -0.4 is 0 Å². The molecular formula is C14H21FO2S. The normalized spacial score (nSPS) is 11.8. The zero-order valence-corrected chi connectivity index (χ0v) is 11.5. The molecule has 0 bridgehead atoms. The van der Waals surface area contributed by atoms with E-state index in [0.717, 1.165) is 17.9 Å². The fourth-order valence-electron chi connectivity index (χ4n) is 2.01. The molecule has 0 saturated carbocycles. The van der Waals surface area contributed by atoms with Crippen LogP contribution in [-0.2, 0) is 5.41 Å². The van der Waals surface area contributed by atoms with Crippen LogP contribution in [0.1, 0.15) is 25.3 Å². The van der Waals surface area contributed by atoms with Gasteiger partial charge < -0.3 is 10.2 Å². The zero-order chi connectivity index (χ0) is 13.4. The molecule has 18 heavy (non-hydrogen) atoms. The van der Waals surface area contributed by atoms with Crippen molar-refractivity contribution in [3.8, 4) is 0 Å². The van der Waals surface area contributed by atoms with E-state index in [2.05, 4.69) is 6.92 Å². The summed E-state index contributed by atoms with van der Waals surface area (Å²) in [7, 11) is 0. The van der Waals surface area contributed by atoms with Crippen molar-refractivity contribution in [2.75, 3.05) is 24.7 Å². The smallest absolute Gasteiger partial charge is 0.123 e. The van der Waals surface area contributed by atoms with Crippen LogP contribution in [-0.4, -0.2) is 34.9 Å². The van der Waals surface area contributed by atoms with Crippen molar-refractivity contribution in [2.45, 2.75) is 25.2 Å². The lowest BCUT2D eigenvalue weighted by atomic mass is 9.78. The Labute approximate surface area is 112 Å². The molecule has 1 rings (SSSR count). The van der Waals surface area contributed by atoms with Crippen LogP contribution in [0.3, 0.4) is 0 Å². The van der Waals surface area contributed by atoms with E-state index in [9.17, 15) is 14.6 Å². The van der Waals surface area contributed by atoms with Gasteiger partial charge in [0.05, 0.1) is 13.2 Å². The third kappa shape index (κ3) is 3.97. The van der Waals surface area contributed by atoms with Crippen molar-refractivity contribution < 1.29 is 14.6 Å². The molecule has 4 heteroatoms. The lowest BCUT2D eigenvalue weighted by Crippen LogP contribution is -2.35. The maximum Gasteiger partial charge on any atom is 0.123 e. The Balaban J connectivity index is 2.79. The van der Waals surface area contributed by atoms with E-state index in [0.29, 0.717) is 12.0 Å². The van der Waals surface area contributed by atoms with Crippen LogP contribution in [0, 0.1) is 5.82 Å². The number of rotatable bonds is 8. The molecule has 0 aromatic heterocycles. The molecule has 0 aliphatic carbocycles. The maximum absolute atomic E-state index is 13.2. The van der Waals surface area contributed by atoms with Gasteiger partial charge in [0.15, 0.2) is 0 Å². The molecule has 0 fully saturated rings. The average molecular weight is 272 g/mol. The van der Waals surface area contributed by atoms with E-state index in [1.807, 2.05) is 11.8 Å². The number of aliphatic hydroxyl groups is 2. The predicted molar refractivity (Wildman–Crippen MR) is 74.5 cm³/mol. The first-order chi connectivity index (χ1) is 8.68. The molecule has 0 saturated heterocycles. The Morgan fingerprint density at radius 3 is 2.56 bits per heavy atom. The Hall–Kier alpha value is -0.580. The molecule has 0 aliphatic heterocycles. The Morgan fingerprint density at radius 2 is 2.00 bits per heavy atom. The van der Waals surface area contributed by atoms with Crippen molar-refractivity contribution in [3.05, 3.63) is 35.6 Å². The lowest BCUT2D eigenvalue weighted by Gasteiger charge is -2.30. The van der Waals surface area contributed by atoms with Crippen molar-refractivity contribution in [1.82, 2.24) is 0 Å². The van der Waals surface area contributed by atoms with Crippen molar-refractivity contribution >= 4 is 11.8 Å². The number of hydrogen-bond acceptors (Lipinski definition) is 3. The van der Waals surface area contributed by atoms with E-state index in [1.165, 1.54) is 12.1 Å². The lowest BCUT2D eigenvalue weighted by molar-refractivity contribution is 0.109. The summed E-state index contributed by atoms with van der Waals surface area (Å²) in [6, 6.07) is 6.16. The van der Waals surface area contributed by atoms with Crippen LogP contribution in [0.2, 0.25) is 0 Å². The largest absolute Gasteiger partial charge is 0.395 e. The fraction of sp³-hybridized carbons (Fsp3) is 0.571. The van der Waals surface area contributed by atoms with Gasteiger partial charge in [-0.05, 0) is 42.0 Å². The molecule has 2 N–H and O–H groups in total. The molecule has 1 aromatic carbocycles. The van der Waals surface area contributed by atoms with Gasteiger partial charge in [0, 0.05) is 5.41 Å². The molecule has 0 radical (unpaired) electrons. The summed E-state index contributed by atoms with van der Waals surface area (Å²) in [5, 5.41) is 19.2. The summed E-state index contributed by atoms with van der Waals surface area (Å²) in [4.78, 5) is 0. The van der Waals surface area contributed by atoms with Gasteiger partial charge in [-0.15, -0.1) is 0 Å². The third-order valence-electron chi connectivity index (χ3n) is 3.19. The average Bonchev–Trinajstić information content (AvgIpc) is 2.40. The Bertz CT molecular complexity index is 353. The highest BCUT2D eigenvalue weighted by Crippen LogP contribution is 2.29. The molecule has 1 aromatic rings.